The van der Waals surface area contributed by atoms with Gasteiger partial charge in [-0.25, -0.2) is 14.2 Å². The van der Waals surface area contributed by atoms with Crippen LogP contribution in [0.2, 0.25) is 0 Å². The Labute approximate surface area is 266 Å². The van der Waals surface area contributed by atoms with Gasteiger partial charge in [-0.3, -0.25) is 0 Å². The number of nitriles is 1. The van der Waals surface area contributed by atoms with Crippen LogP contribution in [-0.4, -0.2) is 66.4 Å². The molecular weight excluding hydrogens is 567 g/mol. The summed E-state index contributed by atoms with van der Waals surface area (Å²) in [6, 6.07) is 17.7. The van der Waals surface area contributed by atoms with Crippen LogP contribution in [0, 0.1) is 34.9 Å². The van der Waals surface area contributed by atoms with E-state index in [1.54, 1.807) is 19.2 Å². The highest BCUT2D eigenvalue weighted by Gasteiger charge is 2.53. The highest BCUT2D eigenvalue weighted by Crippen LogP contribution is 2.52. The largest absolute Gasteiger partial charge is 0.446 e. The van der Waals surface area contributed by atoms with E-state index in [9.17, 15) is 9.18 Å². The van der Waals surface area contributed by atoms with Crippen molar-refractivity contribution in [2.24, 2.45) is 17.8 Å². The van der Waals surface area contributed by atoms with Crippen LogP contribution in [0.15, 0.2) is 60.9 Å². The number of amides is 1. The summed E-state index contributed by atoms with van der Waals surface area (Å²) in [6.07, 6.45) is 9.49. The standard InChI is InChI=1S/C36H45FN6O2/c1-3-34-40-16-19-42(34)25-36(28-8-5-4-6-9-28,30-10-7-11-33(30)45-35(44)39-2)29-14-17-41(18-15-29)22-27-23-43(24-27)32-13-12-26(21-38)20-31(32)37/h4-6,8-9,12-13,16,19-20,27,29-30,33H,3,7,10-11,14-15,17-18,22-25H2,1-2H3,(H,39,44)/t30-,33-,36+/m0/s1. The molecule has 0 bridgehead atoms. The molecule has 45 heavy (non-hydrogen) atoms. The number of carbonyl (C=O) groups excluding carboxylic acids is 1. The van der Waals surface area contributed by atoms with E-state index in [-0.39, 0.29) is 29.3 Å². The smallest absolute Gasteiger partial charge is 0.407 e. The van der Waals surface area contributed by atoms with Gasteiger partial charge in [0.2, 0.25) is 0 Å². The molecule has 1 aliphatic carbocycles. The van der Waals surface area contributed by atoms with Crippen LogP contribution in [0.25, 0.3) is 0 Å². The van der Waals surface area contributed by atoms with Gasteiger partial charge in [-0.2, -0.15) is 5.26 Å². The van der Waals surface area contributed by atoms with Crippen molar-refractivity contribution >= 4 is 11.8 Å². The van der Waals surface area contributed by atoms with Crippen molar-refractivity contribution in [3.8, 4) is 6.07 Å². The predicted molar refractivity (Wildman–Crippen MR) is 172 cm³/mol. The molecule has 3 heterocycles. The molecule has 0 radical (unpaired) electrons. The molecule has 0 spiro atoms. The van der Waals surface area contributed by atoms with Gasteiger partial charge in [-0.05, 0) is 74.9 Å². The summed E-state index contributed by atoms with van der Waals surface area (Å²) in [5.41, 5.74) is 2.06. The number of piperidine rings is 1. The van der Waals surface area contributed by atoms with Crippen LogP contribution >= 0.6 is 0 Å². The monoisotopic (exact) mass is 612 g/mol. The van der Waals surface area contributed by atoms with Crippen LogP contribution in [0.5, 0.6) is 0 Å². The molecule has 3 aromatic rings. The highest BCUT2D eigenvalue weighted by atomic mass is 19.1. The first kappa shape index (κ1) is 31.1. The molecule has 0 unspecified atom stereocenters. The Kier molecular flexibility index (Phi) is 9.41. The Hall–Kier alpha value is -3.90. The third-order valence-electron chi connectivity index (χ3n) is 10.6. The number of imidazole rings is 1. The number of hydrogen-bond donors (Lipinski definition) is 1. The number of carbonyl (C=O) groups is 1. The first-order chi connectivity index (χ1) is 21.9. The number of aryl methyl sites for hydroxylation is 1. The number of halogens is 1. The molecule has 2 aromatic carbocycles. The predicted octanol–water partition coefficient (Wildman–Crippen LogP) is 5.77. The molecule has 1 N–H and O–H groups in total. The molecule has 238 valence electrons. The van der Waals surface area contributed by atoms with Crippen LogP contribution in [0.3, 0.4) is 0 Å². The molecule has 1 aromatic heterocycles. The van der Waals surface area contributed by atoms with Crippen LogP contribution in [0.1, 0.15) is 56.0 Å². The van der Waals surface area contributed by atoms with E-state index in [1.807, 2.05) is 12.3 Å². The van der Waals surface area contributed by atoms with Crippen molar-refractivity contribution in [3.05, 3.63) is 83.7 Å². The number of alkyl carbamates (subject to hydrolysis) is 1. The Bertz CT molecular complexity index is 1490. The molecule has 6 rings (SSSR count). The highest BCUT2D eigenvalue weighted by molar-refractivity contribution is 5.67. The number of likely N-dealkylation sites (tertiary alicyclic amines) is 1. The molecule has 1 saturated carbocycles. The molecule has 9 heteroatoms. The zero-order valence-corrected chi connectivity index (χ0v) is 26.5. The van der Waals surface area contributed by atoms with Gasteiger partial charge in [0.1, 0.15) is 17.7 Å². The van der Waals surface area contributed by atoms with E-state index in [2.05, 4.69) is 68.1 Å². The number of aromatic nitrogens is 2. The molecule has 2 aliphatic heterocycles. The van der Waals surface area contributed by atoms with E-state index in [0.717, 1.165) is 83.6 Å². The van der Waals surface area contributed by atoms with Crippen molar-refractivity contribution in [3.63, 3.8) is 0 Å². The van der Waals surface area contributed by atoms with Crippen LogP contribution in [-0.2, 0) is 23.1 Å². The van der Waals surface area contributed by atoms with E-state index in [1.165, 1.54) is 11.6 Å². The lowest BCUT2D eigenvalue weighted by Crippen LogP contribution is -2.55. The summed E-state index contributed by atoms with van der Waals surface area (Å²) in [6.45, 7) is 7.67. The molecule has 3 aliphatic rings. The number of nitrogens with zero attached hydrogens (tertiary/aromatic N) is 5. The fraction of sp³-hybridized carbons (Fsp3) is 0.528. The van der Waals surface area contributed by atoms with Crippen molar-refractivity contribution in [1.82, 2.24) is 19.8 Å². The van der Waals surface area contributed by atoms with E-state index in [4.69, 9.17) is 10.00 Å². The van der Waals surface area contributed by atoms with Gasteiger partial charge in [-0.15, -0.1) is 0 Å². The van der Waals surface area contributed by atoms with E-state index < -0.39 is 0 Å². The SMILES string of the molecule is CCc1nccn1C[C@@](c1ccccc1)(C1CCN(CC2CN(c3ccc(C#N)cc3F)C2)CC1)[C@H]1CCC[C@@H]1OC(=O)NC. The summed E-state index contributed by atoms with van der Waals surface area (Å²) >= 11 is 0. The topological polar surface area (TPSA) is 86.4 Å². The molecule has 3 atom stereocenters. The second kappa shape index (κ2) is 13.6. The number of benzene rings is 2. The fourth-order valence-corrected chi connectivity index (χ4v) is 8.48. The average Bonchev–Trinajstić information content (AvgIpc) is 3.71. The van der Waals surface area contributed by atoms with Gasteiger partial charge in [0.25, 0.3) is 0 Å². The summed E-state index contributed by atoms with van der Waals surface area (Å²) in [7, 11) is 1.63. The maximum Gasteiger partial charge on any atom is 0.407 e. The van der Waals surface area contributed by atoms with Crippen LogP contribution in [0.4, 0.5) is 14.9 Å². The second-order valence-corrected chi connectivity index (χ2v) is 13.1. The third-order valence-corrected chi connectivity index (χ3v) is 10.6. The molecule has 3 fully saturated rings. The normalized spacial score (nSPS) is 22.4. The van der Waals surface area contributed by atoms with E-state index in [0.29, 0.717) is 23.1 Å². The third kappa shape index (κ3) is 6.30. The fourth-order valence-electron chi connectivity index (χ4n) is 8.48. The summed E-state index contributed by atoms with van der Waals surface area (Å²) in [5, 5.41) is 11.7. The summed E-state index contributed by atoms with van der Waals surface area (Å²) in [5.74, 6) is 1.87. The average molecular weight is 613 g/mol. The number of rotatable bonds is 10. The lowest BCUT2D eigenvalue weighted by molar-refractivity contribution is 0.00173. The summed E-state index contributed by atoms with van der Waals surface area (Å²) < 4.78 is 23.0. The summed E-state index contributed by atoms with van der Waals surface area (Å²) in [4.78, 5) is 21.9. The van der Waals surface area contributed by atoms with Gasteiger partial charge < -0.3 is 24.4 Å². The number of nitrogens with one attached hydrogen (secondary N) is 1. The van der Waals surface area contributed by atoms with Crippen molar-refractivity contribution in [1.29, 1.82) is 5.26 Å². The Balaban J connectivity index is 1.21. The number of ether oxygens (including phenoxy) is 1. The minimum Gasteiger partial charge on any atom is -0.446 e. The van der Waals surface area contributed by atoms with E-state index >= 15 is 0 Å². The minimum atomic E-state index is -0.351. The molecule has 2 saturated heterocycles. The van der Waals surface area contributed by atoms with Gasteiger partial charge in [0.05, 0.1) is 17.3 Å². The Morgan fingerprint density at radius 1 is 1.13 bits per heavy atom. The van der Waals surface area contributed by atoms with Crippen LogP contribution < -0.4 is 10.2 Å². The van der Waals surface area contributed by atoms with Crippen molar-refractivity contribution in [2.75, 3.05) is 44.7 Å². The number of anilines is 1. The van der Waals surface area contributed by atoms with Crippen molar-refractivity contribution in [2.45, 2.75) is 63.5 Å². The minimum absolute atomic E-state index is 0.139. The second-order valence-electron chi connectivity index (χ2n) is 13.1. The lowest BCUT2D eigenvalue weighted by atomic mass is 9.58. The molecule has 1 amide bonds. The zero-order valence-electron chi connectivity index (χ0n) is 26.5. The molecule has 8 nitrogen and oxygen atoms in total. The van der Waals surface area contributed by atoms with Crippen molar-refractivity contribution < 1.29 is 13.9 Å². The maximum atomic E-state index is 14.6. The maximum absolute atomic E-state index is 14.6. The first-order valence-corrected chi connectivity index (χ1v) is 16.6. The molecular formula is C36H45FN6O2. The number of hydrogen-bond acceptors (Lipinski definition) is 6. The lowest BCUT2D eigenvalue weighted by Gasteiger charge is -2.51. The van der Waals surface area contributed by atoms with Gasteiger partial charge in [0, 0.05) is 69.3 Å². The quantitative estimate of drug-likeness (QED) is 0.313. The van der Waals surface area contributed by atoms with Gasteiger partial charge in [0.15, 0.2) is 0 Å². The Morgan fingerprint density at radius 2 is 1.91 bits per heavy atom. The zero-order chi connectivity index (χ0) is 31.4. The first-order valence-electron chi connectivity index (χ1n) is 16.6. The van der Waals surface area contributed by atoms with Gasteiger partial charge in [-0.1, -0.05) is 37.3 Å². The van der Waals surface area contributed by atoms with Gasteiger partial charge >= 0.3 is 6.09 Å². The Morgan fingerprint density at radius 3 is 2.60 bits per heavy atom.